The smallest absolute Gasteiger partial charge is 0.317 e. The lowest BCUT2D eigenvalue weighted by molar-refractivity contribution is -0.154. The number of esters is 2. The van der Waals surface area contributed by atoms with Gasteiger partial charge in [-0.1, -0.05) is 39.8 Å². The zero-order chi connectivity index (χ0) is 15.3. The number of hydrogen-bond acceptors (Lipinski definition) is 3. The summed E-state index contributed by atoms with van der Waals surface area (Å²) < 4.78 is 4.87. The van der Waals surface area contributed by atoms with Crippen molar-refractivity contribution in [1.29, 1.82) is 0 Å². The first kappa shape index (κ1) is 14.8. The molecule has 21 heavy (non-hydrogen) atoms. The largest absolute Gasteiger partial charge is 0.393 e. The number of fused-ring (bicyclic) bond motifs is 12. The van der Waals surface area contributed by atoms with E-state index in [0.29, 0.717) is 35.5 Å². The Labute approximate surface area is 127 Å². The first-order valence-electron chi connectivity index (χ1n) is 8.69. The molecule has 1 saturated heterocycles. The van der Waals surface area contributed by atoms with Crippen molar-refractivity contribution in [2.75, 3.05) is 0 Å². The van der Waals surface area contributed by atoms with Gasteiger partial charge >= 0.3 is 11.9 Å². The van der Waals surface area contributed by atoms with Gasteiger partial charge in [0.05, 0.1) is 11.8 Å². The Hall–Kier alpha value is -1.12. The van der Waals surface area contributed by atoms with Crippen LogP contribution in [0.3, 0.4) is 0 Å². The van der Waals surface area contributed by atoms with E-state index in [1.807, 2.05) is 27.7 Å². The SMILES string of the molecule is CC.CC.O=C1OC(=O)C2C3CC(C12)C1C2C=CC(C2)C31. The monoisotopic (exact) mass is 290 g/mol. The van der Waals surface area contributed by atoms with Crippen molar-refractivity contribution < 1.29 is 14.3 Å². The maximum absolute atomic E-state index is 11.8. The maximum atomic E-state index is 11.8. The molecule has 3 heteroatoms. The summed E-state index contributed by atoms with van der Waals surface area (Å²) in [6.45, 7) is 8.00. The molecule has 4 bridgehead atoms. The van der Waals surface area contributed by atoms with E-state index in [-0.39, 0.29) is 23.8 Å². The first-order chi connectivity index (χ1) is 10.3. The minimum Gasteiger partial charge on any atom is -0.393 e. The minimum absolute atomic E-state index is 0.0819. The molecule has 0 amide bonds. The highest BCUT2D eigenvalue weighted by Crippen LogP contribution is 2.69. The molecular weight excluding hydrogens is 264 g/mol. The molecule has 3 saturated carbocycles. The van der Waals surface area contributed by atoms with Gasteiger partial charge < -0.3 is 4.74 Å². The highest BCUT2D eigenvalue weighted by Gasteiger charge is 2.70. The van der Waals surface area contributed by atoms with Crippen LogP contribution in [-0.2, 0) is 14.3 Å². The average Bonchev–Trinajstić information content (AvgIpc) is 3.28. The molecule has 0 aromatic carbocycles. The Balaban J connectivity index is 0.000000308. The molecule has 0 aromatic rings. The van der Waals surface area contributed by atoms with Crippen LogP contribution in [0.4, 0.5) is 0 Å². The molecule has 116 valence electrons. The van der Waals surface area contributed by atoms with Crippen LogP contribution in [0.5, 0.6) is 0 Å². The van der Waals surface area contributed by atoms with Crippen LogP contribution in [0, 0.1) is 47.3 Å². The lowest BCUT2D eigenvalue weighted by Crippen LogP contribution is -2.38. The van der Waals surface area contributed by atoms with E-state index in [9.17, 15) is 9.59 Å². The van der Waals surface area contributed by atoms with Gasteiger partial charge in [0, 0.05) is 0 Å². The van der Waals surface area contributed by atoms with Crippen LogP contribution in [0.2, 0.25) is 0 Å². The summed E-state index contributed by atoms with van der Waals surface area (Å²) in [7, 11) is 0. The molecule has 8 unspecified atom stereocenters. The summed E-state index contributed by atoms with van der Waals surface area (Å²) in [6.07, 6.45) is 7.07. The molecule has 0 spiro atoms. The predicted octanol–water partition coefficient (Wildman–Crippen LogP) is 3.44. The molecule has 4 aliphatic carbocycles. The molecule has 4 fully saturated rings. The number of hydrogen-bond donors (Lipinski definition) is 0. The highest BCUT2D eigenvalue weighted by molar-refractivity contribution is 5.97. The number of allylic oxidation sites excluding steroid dienone is 2. The molecule has 0 aromatic heterocycles. The Morgan fingerprint density at radius 2 is 1.24 bits per heavy atom. The molecule has 8 atom stereocenters. The Morgan fingerprint density at radius 3 is 1.67 bits per heavy atom. The normalized spacial score (nSPS) is 49.9. The molecule has 0 N–H and O–H groups in total. The van der Waals surface area contributed by atoms with Gasteiger partial charge in [-0.25, -0.2) is 0 Å². The van der Waals surface area contributed by atoms with E-state index >= 15 is 0 Å². The van der Waals surface area contributed by atoms with Crippen molar-refractivity contribution in [2.24, 2.45) is 47.3 Å². The van der Waals surface area contributed by atoms with Gasteiger partial charge in [0.25, 0.3) is 0 Å². The Morgan fingerprint density at radius 1 is 0.810 bits per heavy atom. The summed E-state index contributed by atoms with van der Waals surface area (Å²) in [5, 5.41) is 0. The van der Waals surface area contributed by atoms with E-state index < -0.39 is 0 Å². The van der Waals surface area contributed by atoms with E-state index in [1.165, 1.54) is 6.42 Å². The fourth-order valence-electron chi connectivity index (χ4n) is 5.92. The van der Waals surface area contributed by atoms with E-state index in [4.69, 9.17) is 4.74 Å². The predicted molar refractivity (Wildman–Crippen MR) is 80.1 cm³/mol. The van der Waals surface area contributed by atoms with Gasteiger partial charge in [-0.3, -0.25) is 9.59 Å². The summed E-state index contributed by atoms with van der Waals surface area (Å²) in [6, 6.07) is 0. The van der Waals surface area contributed by atoms with E-state index in [2.05, 4.69) is 12.2 Å². The van der Waals surface area contributed by atoms with Crippen LogP contribution in [0.1, 0.15) is 40.5 Å². The molecule has 1 heterocycles. The topological polar surface area (TPSA) is 43.4 Å². The Kier molecular flexibility index (Phi) is 3.71. The third-order valence-corrected chi connectivity index (χ3v) is 6.17. The number of ether oxygens (including phenoxy) is 1. The van der Waals surface area contributed by atoms with Crippen molar-refractivity contribution in [3.05, 3.63) is 12.2 Å². The van der Waals surface area contributed by atoms with Crippen molar-refractivity contribution in [1.82, 2.24) is 0 Å². The van der Waals surface area contributed by atoms with E-state index in [0.717, 1.165) is 6.42 Å². The summed E-state index contributed by atoms with van der Waals surface area (Å²) >= 11 is 0. The quantitative estimate of drug-likeness (QED) is 0.297. The van der Waals surface area contributed by atoms with Crippen molar-refractivity contribution in [3.8, 4) is 0 Å². The summed E-state index contributed by atoms with van der Waals surface area (Å²) in [5.74, 6) is 2.99. The van der Waals surface area contributed by atoms with Gasteiger partial charge in [0.2, 0.25) is 0 Å². The molecular formula is C18H26O3. The molecule has 0 radical (unpaired) electrons. The Bertz CT molecular complexity index is 441. The van der Waals surface area contributed by atoms with Crippen LogP contribution in [0.25, 0.3) is 0 Å². The van der Waals surface area contributed by atoms with Crippen LogP contribution < -0.4 is 0 Å². The summed E-state index contributed by atoms with van der Waals surface area (Å²) in [4.78, 5) is 23.6. The van der Waals surface area contributed by atoms with Crippen molar-refractivity contribution in [3.63, 3.8) is 0 Å². The number of carbonyl (C=O) groups excluding carboxylic acids is 2. The van der Waals surface area contributed by atoms with Gasteiger partial charge in [0.1, 0.15) is 0 Å². The van der Waals surface area contributed by atoms with E-state index in [1.54, 1.807) is 0 Å². The summed E-state index contributed by atoms with van der Waals surface area (Å²) in [5.41, 5.74) is 0. The van der Waals surface area contributed by atoms with Gasteiger partial charge in [-0.15, -0.1) is 0 Å². The number of cyclic esters (lactones) is 2. The zero-order valence-corrected chi connectivity index (χ0v) is 13.4. The number of carbonyl (C=O) groups is 2. The number of rotatable bonds is 0. The second-order valence-electron chi connectivity index (χ2n) is 6.46. The lowest BCUT2D eigenvalue weighted by Gasteiger charge is -2.35. The van der Waals surface area contributed by atoms with Crippen LogP contribution >= 0.6 is 0 Å². The van der Waals surface area contributed by atoms with Crippen molar-refractivity contribution >= 4 is 11.9 Å². The molecule has 5 aliphatic rings. The molecule has 1 aliphatic heterocycles. The maximum Gasteiger partial charge on any atom is 0.317 e. The molecule has 3 nitrogen and oxygen atoms in total. The molecule has 5 rings (SSSR count). The average molecular weight is 290 g/mol. The second kappa shape index (κ2) is 5.26. The zero-order valence-electron chi connectivity index (χ0n) is 13.4. The second-order valence-corrected chi connectivity index (χ2v) is 6.46. The van der Waals surface area contributed by atoms with Gasteiger partial charge in [-0.2, -0.15) is 0 Å². The minimum atomic E-state index is -0.224. The van der Waals surface area contributed by atoms with Crippen molar-refractivity contribution in [2.45, 2.75) is 40.5 Å². The fourth-order valence-corrected chi connectivity index (χ4v) is 5.92. The fraction of sp³-hybridized carbons (Fsp3) is 0.778. The standard InChI is InChI=1S/C14H14O3.2C2H6/c15-13-11-7-4-8(12(11)14(16)17-13)10-6-2-1-5(3-6)9(7)10;2*1-2/h1-2,5-12H,3-4H2;2*1-2H3. The van der Waals surface area contributed by atoms with Crippen LogP contribution in [0.15, 0.2) is 12.2 Å². The highest BCUT2D eigenvalue weighted by atomic mass is 16.6. The third-order valence-electron chi connectivity index (χ3n) is 6.17. The van der Waals surface area contributed by atoms with Gasteiger partial charge in [-0.05, 0) is 48.3 Å². The van der Waals surface area contributed by atoms with Crippen LogP contribution in [-0.4, -0.2) is 11.9 Å². The van der Waals surface area contributed by atoms with Gasteiger partial charge in [0.15, 0.2) is 0 Å². The third kappa shape index (κ3) is 1.72. The first-order valence-corrected chi connectivity index (χ1v) is 8.69. The lowest BCUT2D eigenvalue weighted by atomic mass is 9.65.